The number of rotatable bonds is 6. The summed E-state index contributed by atoms with van der Waals surface area (Å²) in [6, 6.07) is 0. The van der Waals surface area contributed by atoms with E-state index >= 15 is 0 Å². The molecule has 0 saturated carbocycles. The predicted octanol–water partition coefficient (Wildman–Crippen LogP) is 0.897. The zero-order chi connectivity index (χ0) is 13.7. The summed E-state index contributed by atoms with van der Waals surface area (Å²) in [4.78, 5) is 26.4. The molecule has 0 bridgehead atoms. The van der Waals surface area contributed by atoms with E-state index in [9.17, 15) is 9.59 Å². The van der Waals surface area contributed by atoms with Crippen LogP contribution in [-0.2, 0) is 9.59 Å². The number of likely N-dealkylation sites (tertiary alicyclic amines) is 1. The number of amides is 1. The number of carboxylic acids is 1. The van der Waals surface area contributed by atoms with E-state index in [4.69, 9.17) is 5.11 Å². The van der Waals surface area contributed by atoms with Crippen molar-refractivity contribution in [3.8, 4) is 0 Å². The van der Waals surface area contributed by atoms with Gasteiger partial charge in [-0.3, -0.25) is 9.59 Å². The lowest BCUT2D eigenvalue weighted by Gasteiger charge is -2.20. The standard InChI is InChI=1S/C13H24N2O3/c1-10(13(17)18)8-12(16)15(3)7-5-11-4-6-14(2)9-11/h10-11H,4-9H2,1-3H3,(H,17,18). The first-order chi connectivity index (χ1) is 8.40. The van der Waals surface area contributed by atoms with E-state index < -0.39 is 11.9 Å². The van der Waals surface area contributed by atoms with Crippen LogP contribution in [0.2, 0.25) is 0 Å². The molecule has 0 spiro atoms. The fraction of sp³-hybridized carbons (Fsp3) is 0.846. The van der Waals surface area contributed by atoms with Crippen molar-refractivity contribution in [3.63, 3.8) is 0 Å². The molecule has 0 aliphatic carbocycles. The molecule has 1 heterocycles. The van der Waals surface area contributed by atoms with E-state index in [1.807, 2.05) is 0 Å². The molecule has 5 nitrogen and oxygen atoms in total. The van der Waals surface area contributed by atoms with Crippen molar-refractivity contribution in [1.82, 2.24) is 9.80 Å². The molecule has 1 aliphatic rings. The lowest BCUT2D eigenvalue weighted by molar-refractivity contribution is -0.145. The number of carbonyl (C=O) groups is 2. The molecular formula is C13H24N2O3. The molecule has 1 rings (SSSR count). The number of nitrogens with zero attached hydrogens (tertiary/aromatic N) is 2. The molecule has 5 heteroatoms. The van der Waals surface area contributed by atoms with Gasteiger partial charge in [0.05, 0.1) is 5.92 Å². The van der Waals surface area contributed by atoms with E-state index in [1.165, 1.54) is 6.42 Å². The van der Waals surface area contributed by atoms with Crippen molar-refractivity contribution >= 4 is 11.9 Å². The molecule has 0 aromatic carbocycles. The first-order valence-electron chi connectivity index (χ1n) is 6.55. The lowest BCUT2D eigenvalue weighted by atomic mass is 10.0. The molecule has 1 fully saturated rings. The maximum Gasteiger partial charge on any atom is 0.306 e. The van der Waals surface area contributed by atoms with Gasteiger partial charge in [0, 0.05) is 26.6 Å². The molecule has 0 aromatic rings. The SMILES string of the molecule is CC(CC(=O)N(C)CCC1CCN(C)C1)C(=O)O. The minimum absolute atomic E-state index is 0.0729. The third-order valence-corrected chi connectivity index (χ3v) is 3.69. The van der Waals surface area contributed by atoms with Gasteiger partial charge >= 0.3 is 5.97 Å². The van der Waals surface area contributed by atoms with E-state index in [-0.39, 0.29) is 12.3 Å². The van der Waals surface area contributed by atoms with E-state index in [0.29, 0.717) is 5.92 Å². The predicted molar refractivity (Wildman–Crippen MR) is 69.3 cm³/mol. The van der Waals surface area contributed by atoms with Gasteiger partial charge in [0.25, 0.3) is 0 Å². The van der Waals surface area contributed by atoms with E-state index in [2.05, 4.69) is 11.9 Å². The Morgan fingerprint density at radius 3 is 2.67 bits per heavy atom. The Labute approximate surface area is 109 Å². The summed E-state index contributed by atoms with van der Waals surface area (Å²) in [5, 5.41) is 8.77. The second-order valence-corrected chi connectivity index (χ2v) is 5.46. The molecule has 1 saturated heterocycles. The molecule has 1 aliphatic heterocycles. The molecule has 0 radical (unpaired) electrons. The third kappa shape index (κ3) is 4.64. The zero-order valence-corrected chi connectivity index (χ0v) is 11.6. The van der Waals surface area contributed by atoms with Gasteiger partial charge in [0.15, 0.2) is 0 Å². The minimum Gasteiger partial charge on any atom is -0.481 e. The molecular weight excluding hydrogens is 232 g/mol. The summed E-state index contributed by atoms with van der Waals surface area (Å²) in [6.07, 6.45) is 2.30. The molecule has 2 atom stereocenters. The Morgan fingerprint density at radius 1 is 1.50 bits per heavy atom. The van der Waals surface area contributed by atoms with Crippen LogP contribution in [0.3, 0.4) is 0 Å². The van der Waals surface area contributed by atoms with E-state index in [0.717, 1.165) is 26.1 Å². The van der Waals surface area contributed by atoms with Crippen LogP contribution >= 0.6 is 0 Å². The van der Waals surface area contributed by atoms with Crippen LogP contribution in [0.25, 0.3) is 0 Å². The van der Waals surface area contributed by atoms with Gasteiger partial charge in [-0.15, -0.1) is 0 Å². The smallest absolute Gasteiger partial charge is 0.306 e. The van der Waals surface area contributed by atoms with Crippen molar-refractivity contribution in [3.05, 3.63) is 0 Å². The quantitative estimate of drug-likeness (QED) is 0.767. The minimum atomic E-state index is -0.908. The summed E-state index contributed by atoms with van der Waals surface area (Å²) < 4.78 is 0. The molecule has 0 aromatic heterocycles. The van der Waals surface area contributed by atoms with Gasteiger partial charge in [-0.1, -0.05) is 6.92 Å². The number of hydrogen-bond acceptors (Lipinski definition) is 3. The number of hydrogen-bond donors (Lipinski definition) is 1. The highest BCUT2D eigenvalue weighted by atomic mass is 16.4. The van der Waals surface area contributed by atoms with Gasteiger partial charge < -0.3 is 14.9 Å². The topological polar surface area (TPSA) is 60.9 Å². The Morgan fingerprint density at radius 2 is 2.17 bits per heavy atom. The number of carbonyl (C=O) groups excluding carboxylic acids is 1. The highest BCUT2D eigenvalue weighted by Gasteiger charge is 2.22. The summed E-state index contributed by atoms with van der Waals surface area (Å²) in [5.74, 6) is -0.912. The summed E-state index contributed by atoms with van der Waals surface area (Å²) in [6.45, 7) is 4.54. The average molecular weight is 256 g/mol. The molecule has 1 amide bonds. The number of carboxylic acid groups (broad SMARTS) is 1. The summed E-state index contributed by atoms with van der Waals surface area (Å²) >= 11 is 0. The van der Waals surface area contributed by atoms with Crippen LogP contribution in [0, 0.1) is 11.8 Å². The van der Waals surface area contributed by atoms with Gasteiger partial charge in [0.2, 0.25) is 5.91 Å². The first-order valence-corrected chi connectivity index (χ1v) is 6.55. The van der Waals surface area contributed by atoms with E-state index in [1.54, 1.807) is 18.9 Å². The average Bonchev–Trinajstić information content (AvgIpc) is 2.71. The number of aliphatic carboxylic acids is 1. The fourth-order valence-corrected chi connectivity index (χ4v) is 2.27. The normalized spacial score (nSPS) is 21.8. The Bertz CT molecular complexity index is 307. The van der Waals surface area contributed by atoms with Crippen LogP contribution < -0.4 is 0 Å². The Balaban J connectivity index is 2.25. The zero-order valence-electron chi connectivity index (χ0n) is 11.6. The second-order valence-electron chi connectivity index (χ2n) is 5.46. The largest absolute Gasteiger partial charge is 0.481 e. The Kier molecular flexibility index (Phi) is 5.59. The van der Waals surface area contributed by atoms with Crippen LogP contribution in [0.5, 0.6) is 0 Å². The second kappa shape index (κ2) is 6.73. The summed E-state index contributed by atoms with van der Waals surface area (Å²) in [7, 11) is 3.87. The van der Waals surface area contributed by atoms with Gasteiger partial charge in [-0.05, 0) is 32.4 Å². The van der Waals surface area contributed by atoms with Gasteiger partial charge in [-0.25, -0.2) is 0 Å². The van der Waals surface area contributed by atoms with Crippen molar-refractivity contribution in [2.24, 2.45) is 11.8 Å². The molecule has 1 N–H and O–H groups in total. The van der Waals surface area contributed by atoms with Crippen molar-refractivity contribution < 1.29 is 14.7 Å². The van der Waals surface area contributed by atoms with Crippen molar-refractivity contribution in [2.75, 3.05) is 33.7 Å². The highest BCUT2D eigenvalue weighted by Crippen LogP contribution is 2.18. The first kappa shape index (κ1) is 15.0. The maximum absolute atomic E-state index is 11.8. The highest BCUT2D eigenvalue weighted by molar-refractivity contribution is 5.81. The maximum atomic E-state index is 11.8. The lowest BCUT2D eigenvalue weighted by Crippen LogP contribution is -2.31. The Hall–Kier alpha value is -1.10. The van der Waals surface area contributed by atoms with Crippen molar-refractivity contribution in [2.45, 2.75) is 26.2 Å². The van der Waals surface area contributed by atoms with Crippen LogP contribution in [0.4, 0.5) is 0 Å². The third-order valence-electron chi connectivity index (χ3n) is 3.69. The van der Waals surface area contributed by atoms with Gasteiger partial charge in [-0.2, -0.15) is 0 Å². The van der Waals surface area contributed by atoms with Crippen molar-refractivity contribution in [1.29, 1.82) is 0 Å². The molecule has 104 valence electrons. The van der Waals surface area contributed by atoms with Crippen LogP contribution in [0.1, 0.15) is 26.2 Å². The molecule has 18 heavy (non-hydrogen) atoms. The summed E-state index contributed by atoms with van der Waals surface area (Å²) in [5.41, 5.74) is 0. The van der Waals surface area contributed by atoms with Gasteiger partial charge in [0.1, 0.15) is 0 Å². The monoisotopic (exact) mass is 256 g/mol. The van der Waals surface area contributed by atoms with Crippen LogP contribution in [-0.4, -0.2) is 60.5 Å². The van der Waals surface area contributed by atoms with Crippen LogP contribution in [0.15, 0.2) is 0 Å². The fourth-order valence-electron chi connectivity index (χ4n) is 2.27. The molecule has 2 unspecified atom stereocenters.